The Morgan fingerprint density at radius 3 is 2.85 bits per heavy atom. The molecule has 3 rings (SSSR count). The van der Waals surface area contributed by atoms with Gasteiger partial charge in [0, 0.05) is 12.6 Å². The highest BCUT2D eigenvalue weighted by Crippen LogP contribution is 2.24. The molecule has 9 nitrogen and oxygen atoms in total. The van der Waals surface area contributed by atoms with Gasteiger partial charge in [-0.3, -0.25) is 19.1 Å². The first-order valence-corrected chi connectivity index (χ1v) is 8.50. The molecule has 2 aromatic heterocycles. The Balaban J connectivity index is 1.76. The summed E-state index contributed by atoms with van der Waals surface area (Å²) in [6.45, 7) is 1.95. The molecular weight excluding hydrogens is 358 g/mol. The summed E-state index contributed by atoms with van der Waals surface area (Å²) in [5.74, 6) is -0.529. The van der Waals surface area contributed by atoms with Crippen LogP contribution < -0.4 is 17.0 Å². The predicted octanol–water partition coefficient (Wildman–Crippen LogP) is 0.989. The van der Waals surface area contributed by atoms with Gasteiger partial charge in [0.25, 0.3) is 10.8 Å². The standard InChI is InChI=1S/C16H15N5O4S/c1-8-4-3-5-9(6-8)14-19-20-16(25-14)26-7-10(22)11-12(17)21(2)15(24)18-13(11)23/h3-6H,7,17H2,1-2H3,(H,18,23,24). The molecule has 0 spiro atoms. The summed E-state index contributed by atoms with van der Waals surface area (Å²) in [6.07, 6.45) is 0. The number of carbonyl (C=O) groups is 1. The van der Waals surface area contributed by atoms with Crippen LogP contribution in [0.4, 0.5) is 5.82 Å². The molecule has 0 aliphatic rings. The van der Waals surface area contributed by atoms with E-state index in [-0.39, 0.29) is 22.4 Å². The average Bonchev–Trinajstić information content (AvgIpc) is 3.07. The summed E-state index contributed by atoms with van der Waals surface area (Å²) in [5.41, 5.74) is 5.77. The first-order chi connectivity index (χ1) is 12.4. The number of carbonyl (C=O) groups excluding carboxylic acids is 1. The summed E-state index contributed by atoms with van der Waals surface area (Å²) in [6, 6.07) is 7.56. The highest BCUT2D eigenvalue weighted by Gasteiger charge is 2.19. The largest absolute Gasteiger partial charge is 0.411 e. The Hall–Kier alpha value is -3.14. The molecule has 0 bridgehead atoms. The number of ketones is 1. The maximum atomic E-state index is 12.3. The fraction of sp³-hybridized carbons (Fsp3) is 0.188. The predicted molar refractivity (Wildman–Crippen MR) is 96.2 cm³/mol. The molecule has 0 aliphatic carbocycles. The lowest BCUT2D eigenvalue weighted by Gasteiger charge is -2.06. The molecule has 26 heavy (non-hydrogen) atoms. The van der Waals surface area contributed by atoms with E-state index in [1.165, 1.54) is 7.05 Å². The zero-order valence-electron chi connectivity index (χ0n) is 14.0. The Kier molecular flexibility index (Phi) is 4.76. The molecule has 0 aliphatic heterocycles. The number of hydrogen-bond acceptors (Lipinski definition) is 8. The molecule has 0 saturated heterocycles. The van der Waals surface area contributed by atoms with Gasteiger partial charge >= 0.3 is 5.69 Å². The number of benzene rings is 1. The number of nitrogens with one attached hydrogen (secondary N) is 1. The molecule has 0 radical (unpaired) electrons. The van der Waals surface area contributed by atoms with Crippen LogP contribution >= 0.6 is 11.8 Å². The fourth-order valence-corrected chi connectivity index (χ4v) is 2.90. The van der Waals surface area contributed by atoms with E-state index in [0.717, 1.165) is 27.5 Å². The number of hydrogen-bond donors (Lipinski definition) is 2. The van der Waals surface area contributed by atoms with Crippen LogP contribution in [0.2, 0.25) is 0 Å². The van der Waals surface area contributed by atoms with Gasteiger partial charge < -0.3 is 10.2 Å². The molecule has 1 aromatic carbocycles. The summed E-state index contributed by atoms with van der Waals surface area (Å²) in [5, 5.41) is 8.03. The quantitative estimate of drug-likeness (QED) is 0.499. The molecule has 10 heteroatoms. The van der Waals surface area contributed by atoms with Crippen LogP contribution in [0.1, 0.15) is 15.9 Å². The van der Waals surface area contributed by atoms with Gasteiger partial charge in [-0.25, -0.2) is 4.79 Å². The van der Waals surface area contributed by atoms with Crippen molar-refractivity contribution in [3.8, 4) is 11.5 Å². The smallest absolute Gasteiger partial charge is 0.329 e. The van der Waals surface area contributed by atoms with E-state index in [9.17, 15) is 14.4 Å². The molecule has 0 fully saturated rings. The van der Waals surface area contributed by atoms with E-state index in [0.29, 0.717) is 5.89 Å². The van der Waals surface area contributed by atoms with Gasteiger partial charge in [-0.1, -0.05) is 29.5 Å². The van der Waals surface area contributed by atoms with Crippen LogP contribution in [0.15, 0.2) is 43.5 Å². The number of nitrogen functional groups attached to an aromatic ring is 1. The van der Waals surface area contributed by atoms with Crippen molar-refractivity contribution in [1.29, 1.82) is 0 Å². The van der Waals surface area contributed by atoms with Crippen molar-refractivity contribution in [2.75, 3.05) is 11.5 Å². The van der Waals surface area contributed by atoms with E-state index < -0.39 is 17.0 Å². The minimum Gasteiger partial charge on any atom is -0.411 e. The maximum absolute atomic E-state index is 12.3. The number of nitrogens with two attached hydrogens (primary N) is 1. The van der Waals surface area contributed by atoms with Gasteiger partial charge in [0.05, 0.1) is 5.75 Å². The number of H-pyrrole nitrogens is 1. The number of rotatable bonds is 5. The Bertz CT molecular complexity index is 1100. The van der Waals surface area contributed by atoms with E-state index in [2.05, 4.69) is 10.2 Å². The lowest BCUT2D eigenvalue weighted by Crippen LogP contribution is -2.35. The first-order valence-electron chi connectivity index (χ1n) is 7.52. The van der Waals surface area contributed by atoms with Crippen LogP contribution in [-0.2, 0) is 7.05 Å². The molecule has 2 heterocycles. The second-order valence-electron chi connectivity index (χ2n) is 5.53. The van der Waals surface area contributed by atoms with Gasteiger partial charge in [0.15, 0.2) is 5.78 Å². The number of nitrogens with zero attached hydrogens (tertiary/aromatic N) is 3. The van der Waals surface area contributed by atoms with Crippen molar-refractivity contribution >= 4 is 23.4 Å². The lowest BCUT2D eigenvalue weighted by molar-refractivity contribution is 0.102. The Morgan fingerprint density at radius 1 is 1.35 bits per heavy atom. The topological polar surface area (TPSA) is 137 Å². The van der Waals surface area contributed by atoms with Gasteiger partial charge in [-0.15, -0.1) is 10.2 Å². The summed E-state index contributed by atoms with van der Waals surface area (Å²) < 4.78 is 6.53. The zero-order valence-corrected chi connectivity index (χ0v) is 14.8. The van der Waals surface area contributed by atoms with Crippen molar-refractivity contribution in [3.05, 3.63) is 56.2 Å². The molecule has 134 valence electrons. The number of thioether (sulfide) groups is 1. The Morgan fingerprint density at radius 2 is 2.12 bits per heavy atom. The van der Waals surface area contributed by atoms with Crippen LogP contribution in [0.5, 0.6) is 0 Å². The van der Waals surface area contributed by atoms with Gasteiger partial charge in [-0.2, -0.15) is 0 Å². The fourth-order valence-electron chi connectivity index (χ4n) is 2.27. The van der Waals surface area contributed by atoms with Crippen molar-refractivity contribution in [2.24, 2.45) is 7.05 Å². The molecule has 3 N–H and O–H groups in total. The highest BCUT2D eigenvalue weighted by atomic mass is 32.2. The zero-order chi connectivity index (χ0) is 18.8. The van der Waals surface area contributed by atoms with E-state index in [4.69, 9.17) is 10.2 Å². The van der Waals surface area contributed by atoms with Gasteiger partial charge in [0.2, 0.25) is 5.89 Å². The van der Waals surface area contributed by atoms with Gasteiger partial charge in [-0.05, 0) is 19.1 Å². The first kappa shape index (κ1) is 17.7. The minimum atomic E-state index is -0.817. The normalized spacial score (nSPS) is 10.8. The van der Waals surface area contributed by atoms with E-state index in [1.54, 1.807) is 0 Å². The number of aromatic nitrogens is 4. The van der Waals surface area contributed by atoms with Crippen LogP contribution in [0.3, 0.4) is 0 Å². The molecular formula is C16H15N5O4S. The Labute approximate surface area is 151 Å². The van der Waals surface area contributed by atoms with Crippen molar-refractivity contribution < 1.29 is 9.21 Å². The van der Waals surface area contributed by atoms with E-state index in [1.807, 2.05) is 36.2 Å². The lowest BCUT2D eigenvalue weighted by atomic mass is 10.1. The number of Topliss-reactive ketones (excluding diaryl/α,β-unsaturated/α-hetero) is 1. The average molecular weight is 373 g/mol. The second-order valence-corrected chi connectivity index (χ2v) is 6.46. The number of aryl methyl sites for hydroxylation is 1. The molecule has 0 amide bonds. The molecule has 3 aromatic rings. The third-order valence-corrected chi connectivity index (χ3v) is 4.47. The second kappa shape index (κ2) is 7.00. The molecule has 0 unspecified atom stereocenters. The molecule has 0 atom stereocenters. The summed E-state index contributed by atoms with van der Waals surface area (Å²) in [4.78, 5) is 37.7. The third-order valence-electron chi connectivity index (χ3n) is 3.65. The van der Waals surface area contributed by atoms with Crippen molar-refractivity contribution in [1.82, 2.24) is 19.7 Å². The van der Waals surface area contributed by atoms with Crippen LogP contribution in [0.25, 0.3) is 11.5 Å². The summed E-state index contributed by atoms with van der Waals surface area (Å²) >= 11 is 0.985. The van der Waals surface area contributed by atoms with Crippen LogP contribution in [0, 0.1) is 6.92 Å². The van der Waals surface area contributed by atoms with E-state index >= 15 is 0 Å². The maximum Gasteiger partial charge on any atom is 0.329 e. The van der Waals surface area contributed by atoms with Crippen molar-refractivity contribution in [2.45, 2.75) is 12.1 Å². The number of aromatic amines is 1. The third kappa shape index (κ3) is 3.45. The van der Waals surface area contributed by atoms with Crippen LogP contribution in [-0.4, -0.2) is 31.3 Å². The minimum absolute atomic E-state index is 0.138. The SMILES string of the molecule is Cc1cccc(-c2nnc(SCC(=O)c3c(N)n(C)c(=O)[nH]c3=O)o2)c1. The number of anilines is 1. The van der Waals surface area contributed by atoms with Gasteiger partial charge in [0.1, 0.15) is 11.4 Å². The highest BCUT2D eigenvalue weighted by molar-refractivity contribution is 7.99. The summed E-state index contributed by atoms with van der Waals surface area (Å²) in [7, 11) is 1.36. The molecule has 0 saturated carbocycles. The van der Waals surface area contributed by atoms with Crippen molar-refractivity contribution in [3.63, 3.8) is 0 Å². The monoisotopic (exact) mass is 373 g/mol.